The van der Waals surface area contributed by atoms with E-state index in [2.05, 4.69) is 5.32 Å². The number of carbonyl (C=O) groups is 1. The Morgan fingerprint density at radius 2 is 1.82 bits per heavy atom. The molecule has 0 radical (unpaired) electrons. The quantitative estimate of drug-likeness (QED) is 0.820. The van der Waals surface area contributed by atoms with Crippen molar-refractivity contribution in [3.05, 3.63) is 54.1 Å². The van der Waals surface area contributed by atoms with E-state index in [1.54, 1.807) is 6.07 Å². The van der Waals surface area contributed by atoms with Gasteiger partial charge in [-0.1, -0.05) is 42.0 Å². The van der Waals surface area contributed by atoms with Gasteiger partial charge in [0, 0.05) is 5.56 Å². The fourth-order valence-electron chi connectivity index (χ4n) is 1.74. The van der Waals surface area contributed by atoms with E-state index in [4.69, 9.17) is 5.11 Å². The highest BCUT2D eigenvalue weighted by Gasteiger charge is 2.07. The van der Waals surface area contributed by atoms with E-state index in [1.807, 2.05) is 49.4 Å². The number of amides is 1. The third-order valence-electron chi connectivity index (χ3n) is 2.50. The lowest BCUT2D eigenvalue weighted by Crippen LogP contribution is -2.08. The van der Waals surface area contributed by atoms with Gasteiger partial charge in [0.25, 0.3) is 0 Å². The summed E-state index contributed by atoms with van der Waals surface area (Å²) in [6, 6.07) is 15.4. The summed E-state index contributed by atoms with van der Waals surface area (Å²) in [6.07, 6.45) is -1.05. The smallest absolute Gasteiger partial charge is 0.409 e. The minimum Gasteiger partial charge on any atom is -0.465 e. The Labute approximate surface area is 99.7 Å². The zero-order chi connectivity index (χ0) is 12.3. The van der Waals surface area contributed by atoms with Crippen molar-refractivity contribution in [1.29, 1.82) is 0 Å². The summed E-state index contributed by atoms with van der Waals surface area (Å²) >= 11 is 0. The van der Waals surface area contributed by atoms with Gasteiger partial charge >= 0.3 is 6.09 Å². The number of anilines is 1. The molecule has 0 aliphatic carbocycles. The standard InChI is InChI=1S/C14H13NO2/c1-10-7-8-13(15-14(16)17)12(9-10)11-5-3-2-4-6-11/h2-9,15H,1H3,(H,16,17). The first-order valence-electron chi connectivity index (χ1n) is 5.33. The van der Waals surface area contributed by atoms with Crippen molar-refractivity contribution >= 4 is 11.8 Å². The molecule has 3 heteroatoms. The Kier molecular flexibility index (Phi) is 3.10. The van der Waals surface area contributed by atoms with Gasteiger partial charge in [-0.2, -0.15) is 0 Å². The molecule has 0 fully saturated rings. The second-order valence-electron chi connectivity index (χ2n) is 3.85. The summed E-state index contributed by atoms with van der Waals surface area (Å²) in [7, 11) is 0. The van der Waals surface area contributed by atoms with Crippen molar-refractivity contribution in [3.63, 3.8) is 0 Å². The van der Waals surface area contributed by atoms with Crippen molar-refractivity contribution in [2.45, 2.75) is 6.92 Å². The summed E-state index contributed by atoms with van der Waals surface area (Å²) < 4.78 is 0. The summed E-state index contributed by atoms with van der Waals surface area (Å²) in [5.41, 5.74) is 3.60. The van der Waals surface area contributed by atoms with E-state index in [0.29, 0.717) is 5.69 Å². The molecule has 1 amide bonds. The maximum absolute atomic E-state index is 10.7. The monoisotopic (exact) mass is 227 g/mol. The van der Waals surface area contributed by atoms with Crippen LogP contribution in [0.15, 0.2) is 48.5 Å². The lowest BCUT2D eigenvalue weighted by atomic mass is 10.0. The number of rotatable bonds is 2. The summed E-state index contributed by atoms with van der Waals surface area (Å²) in [4.78, 5) is 10.7. The average Bonchev–Trinajstić information content (AvgIpc) is 2.32. The van der Waals surface area contributed by atoms with Crippen LogP contribution in [0.5, 0.6) is 0 Å². The van der Waals surface area contributed by atoms with Crippen LogP contribution in [0.2, 0.25) is 0 Å². The van der Waals surface area contributed by atoms with Crippen LogP contribution in [0.25, 0.3) is 11.1 Å². The van der Waals surface area contributed by atoms with E-state index in [9.17, 15) is 4.79 Å². The molecule has 0 unspecified atom stereocenters. The van der Waals surface area contributed by atoms with E-state index >= 15 is 0 Å². The predicted molar refractivity (Wildman–Crippen MR) is 68.3 cm³/mol. The number of carboxylic acid groups (broad SMARTS) is 1. The molecule has 17 heavy (non-hydrogen) atoms. The number of hydrogen-bond donors (Lipinski definition) is 2. The Morgan fingerprint density at radius 1 is 1.12 bits per heavy atom. The number of aryl methyl sites for hydroxylation is 1. The summed E-state index contributed by atoms with van der Waals surface area (Å²) in [6.45, 7) is 1.98. The molecule has 0 heterocycles. The van der Waals surface area contributed by atoms with E-state index in [0.717, 1.165) is 16.7 Å². The first-order chi connectivity index (χ1) is 8.16. The van der Waals surface area contributed by atoms with Gasteiger partial charge in [-0.25, -0.2) is 4.79 Å². The third kappa shape index (κ3) is 2.64. The molecule has 0 aliphatic heterocycles. The fourth-order valence-corrected chi connectivity index (χ4v) is 1.74. The van der Waals surface area contributed by atoms with Crippen LogP contribution in [-0.2, 0) is 0 Å². The van der Waals surface area contributed by atoms with Gasteiger partial charge in [-0.3, -0.25) is 5.32 Å². The highest BCUT2D eigenvalue weighted by atomic mass is 16.4. The normalized spacial score (nSPS) is 9.94. The topological polar surface area (TPSA) is 49.3 Å². The molecule has 2 aromatic rings. The molecular formula is C14H13NO2. The Morgan fingerprint density at radius 3 is 2.47 bits per heavy atom. The second kappa shape index (κ2) is 4.70. The number of nitrogens with one attached hydrogen (secondary N) is 1. The molecule has 3 nitrogen and oxygen atoms in total. The molecule has 0 bridgehead atoms. The van der Waals surface area contributed by atoms with Gasteiger partial charge < -0.3 is 5.11 Å². The van der Waals surface area contributed by atoms with Gasteiger partial charge in [0.1, 0.15) is 0 Å². The lowest BCUT2D eigenvalue weighted by molar-refractivity contribution is 0.210. The maximum Gasteiger partial charge on any atom is 0.409 e. The highest BCUT2D eigenvalue weighted by molar-refractivity contribution is 5.90. The van der Waals surface area contributed by atoms with Crippen LogP contribution in [0.3, 0.4) is 0 Å². The van der Waals surface area contributed by atoms with Gasteiger partial charge in [0.05, 0.1) is 5.69 Å². The number of hydrogen-bond acceptors (Lipinski definition) is 1. The van der Waals surface area contributed by atoms with Crippen molar-refractivity contribution < 1.29 is 9.90 Å². The van der Waals surface area contributed by atoms with Crippen molar-refractivity contribution in [1.82, 2.24) is 0 Å². The van der Waals surface area contributed by atoms with Crippen molar-refractivity contribution in [2.75, 3.05) is 5.32 Å². The zero-order valence-electron chi connectivity index (χ0n) is 9.47. The maximum atomic E-state index is 10.7. The van der Waals surface area contributed by atoms with Gasteiger partial charge in [0.15, 0.2) is 0 Å². The predicted octanol–water partition coefficient (Wildman–Crippen LogP) is 3.75. The van der Waals surface area contributed by atoms with Crippen molar-refractivity contribution in [3.8, 4) is 11.1 Å². The fraction of sp³-hybridized carbons (Fsp3) is 0.0714. The Hall–Kier alpha value is -2.29. The molecular weight excluding hydrogens is 214 g/mol. The number of benzene rings is 2. The third-order valence-corrected chi connectivity index (χ3v) is 2.50. The highest BCUT2D eigenvalue weighted by Crippen LogP contribution is 2.28. The lowest BCUT2D eigenvalue weighted by Gasteiger charge is -2.10. The van der Waals surface area contributed by atoms with E-state index in [1.165, 1.54) is 0 Å². The first-order valence-corrected chi connectivity index (χ1v) is 5.33. The SMILES string of the molecule is Cc1ccc(NC(=O)O)c(-c2ccccc2)c1. The average molecular weight is 227 g/mol. The largest absolute Gasteiger partial charge is 0.465 e. The molecule has 0 saturated carbocycles. The minimum absolute atomic E-state index is 0.606. The molecule has 0 saturated heterocycles. The van der Waals surface area contributed by atoms with Gasteiger partial charge in [-0.15, -0.1) is 0 Å². The van der Waals surface area contributed by atoms with E-state index < -0.39 is 6.09 Å². The van der Waals surface area contributed by atoms with Gasteiger partial charge in [0.2, 0.25) is 0 Å². The molecule has 2 rings (SSSR count). The molecule has 0 aromatic heterocycles. The zero-order valence-corrected chi connectivity index (χ0v) is 9.47. The first kappa shape index (κ1) is 11.2. The second-order valence-corrected chi connectivity index (χ2v) is 3.85. The molecule has 0 aliphatic rings. The molecule has 2 aromatic carbocycles. The molecule has 0 atom stereocenters. The van der Waals surface area contributed by atoms with Crippen LogP contribution < -0.4 is 5.32 Å². The molecule has 0 spiro atoms. The Bertz CT molecular complexity index is 535. The van der Waals surface area contributed by atoms with Gasteiger partial charge in [-0.05, 0) is 24.6 Å². The van der Waals surface area contributed by atoms with Crippen LogP contribution >= 0.6 is 0 Å². The summed E-state index contributed by atoms with van der Waals surface area (Å²) in [5.74, 6) is 0. The van der Waals surface area contributed by atoms with Crippen LogP contribution in [-0.4, -0.2) is 11.2 Å². The van der Waals surface area contributed by atoms with Crippen LogP contribution in [0.4, 0.5) is 10.5 Å². The minimum atomic E-state index is -1.05. The van der Waals surface area contributed by atoms with Crippen molar-refractivity contribution in [2.24, 2.45) is 0 Å². The van der Waals surface area contributed by atoms with E-state index in [-0.39, 0.29) is 0 Å². The van der Waals surface area contributed by atoms with Crippen LogP contribution in [0.1, 0.15) is 5.56 Å². The molecule has 86 valence electrons. The van der Waals surface area contributed by atoms with Crippen LogP contribution in [0, 0.1) is 6.92 Å². The summed E-state index contributed by atoms with van der Waals surface area (Å²) in [5, 5.41) is 11.2. The Balaban J connectivity index is 2.51. The molecule has 2 N–H and O–H groups in total.